The largest absolute Gasteiger partial charge is 0.394 e. The van der Waals surface area contributed by atoms with E-state index in [4.69, 9.17) is 5.11 Å². The average Bonchev–Trinajstić information content (AvgIpc) is 2.46. The minimum atomic E-state index is -1.09. The van der Waals surface area contributed by atoms with E-state index in [2.05, 4.69) is 13.8 Å². The Balaban J connectivity index is 3.99. The zero-order valence-electron chi connectivity index (χ0n) is 13.6. The van der Waals surface area contributed by atoms with E-state index in [-0.39, 0.29) is 6.61 Å². The Morgan fingerprint density at radius 1 is 0.750 bits per heavy atom. The van der Waals surface area contributed by atoms with Gasteiger partial charge in [0.25, 0.3) is 0 Å². The monoisotopic (exact) mass is 288 g/mol. The van der Waals surface area contributed by atoms with Crippen molar-refractivity contribution in [2.75, 3.05) is 6.61 Å². The topological polar surface area (TPSA) is 60.7 Å². The van der Waals surface area contributed by atoms with Crippen LogP contribution in [0.1, 0.15) is 90.9 Å². The summed E-state index contributed by atoms with van der Waals surface area (Å²) in [6.07, 6.45) is 11.6. The highest BCUT2D eigenvalue weighted by Gasteiger charge is 2.33. The lowest BCUT2D eigenvalue weighted by molar-refractivity contribution is -0.106. The maximum absolute atomic E-state index is 10.6. The van der Waals surface area contributed by atoms with Crippen LogP contribution >= 0.6 is 0 Å². The molecule has 0 aliphatic rings. The van der Waals surface area contributed by atoms with E-state index in [9.17, 15) is 10.2 Å². The summed E-state index contributed by atoms with van der Waals surface area (Å²) in [5.41, 5.74) is -1.09. The molecule has 0 spiro atoms. The third-order valence-corrected chi connectivity index (χ3v) is 4.22. The van der Waals surface area contributed by atoms with Gasteiger partial charge < -0.3 is 15.3 Å². The van der Waals surface area contributed by atoms with Crippen LogP contribution in [0.4, 0.5) is 0 Å². The van der Waals surface area contributed by atoms with Crippen LogP contribution in [0.25, 0.3) is 0 Å². The van der Waals surface area contributed by atoms with Crippen molar-refractivity contribution >= 4 is 0 Å². The molecule has 20 heavy (non-hydrogen) atoms. The van der Waals surface area contributed by atoms with E-state index >= 15 is 0 Å². The first kappa shape index (κ1) is 19.9. The van der Waals surface area contributed by atoms with Crippen molar-refractivity contribution in [1.82, 2.24) is 0 Å². The molecule has 0 fully saturated rings. The van der Waals surface area contributed by atoms with Gasteiger partial charge in [-0.05, 0) is 12.8 Å². The Hall–Kier alpha value is -0.120. The van der Waals surface area contributed by atoms with E-state index in [1.54, 1.807) is 0 Å². The van der Waals surface area contributed by atoms with Crippen LogP contribution in [0.2, 0.25) is 0 Å². The molecule has 0 rings (SSSR count). The third kappa shape index (κ3) is 8.93. The lowest BCUT2D eigenvalue weighted by atomic mass is 9.85. The Morgan fingerprint density at radius 2 is 1.15 bits per heavy atom. The standard InChI is InChI=1S/C17H36O3/c1-3-5-7-9-10-12-14-17(20,16(19)15-18)13-11-8-6-4-2/h16,18-20H,3-15H2,1-2H3. The molecular formula is C17H36O3. The van der Waals surface area contributed by atoms with Crippen LogP contribution in [0.15, 0.2) is 0 Å². The second-order valence-electron chi connectivity index (χ2n) is 6.13. The van der Waals surface area contributed by atoms with Crippen molar-refractivity contribution in [1.29, 1.82) is 0 Å². The maximum atomic E-state index is 10.6. The van der Waals surface area contributed by atoms with Gasteiger partial charge in [-0.15, -0.1) is 0 Å². The van der Waals surface area contributed by atoms with Gasteiger partial charge >= 0.3 is 0 Å². The van der Waals surface area contributed by atoms with Gasteiger partial charge in [0.2, 0.25) is 0 Å². The molecule has 0 amide bonds. The predicted octanol–water partition coefficient (Wildman–Crippen LogP) is 3.79. The quantitative estimate of drug-likeness (QED) is 0.426. The van der Waals surface area contributed by atoms with Crippen molar-refractivity contribution in [3.8, 4) is 0 Å². The van der Waals surface area contributed by atoms with Gasteiger partial charge in [0.1, 0.15) is 6.10 Å². The number of hydrogen-bond acceptors (Lipinski definition) is 3. The van der Waals surface area contributed by atoms with Gasteiger partial charge in [0.15, 0.2) is 0 Å². The van der Waals surface area contributed by atoms with E-state index < -0.39 is 11.7 Å². The van der Waals surface area contributed by atoms with Crippen molar-refractivity contribution in [3.63, 3.8) is 0 Å². The molecule has 0 aliphatic carbocycles. The van der Waals surface area contributed by atoms with Gasteiger partial charge in [-0.3, -0.25) is 0 Å². The van der Waals surface area contributed by atoms with E-state index in [0.717, 1.165) is 25.7 Å². The Kier molecular flexibility index (Phi) is 12.5. The highest BCUT2D eigenvalue weighted by molar-refractivity contribution is 4.86. The molecule has 0 aromatic heterocycles. The number of rotatable bonds is 14. The summed E-state index contributed by atoms with van der Waals surface area (Å²) in [7, 11) is 0. The lowest BCUT2D eigenvalue weighted by Crippen LogP contribution is -2.44. The summed E-state index contributed by atoms with van der Waals surface area (Å²) in [6, 6.07) is 0. The van der Waals surface area contributed by atoms with E-state index in [0.29, 0.717) is 12.8 Å². The fourth-order valence-corrected chi connectivity index (χ4v) is 2.70. The minimum absolute atomic E-state index is 0.347. The predicted molar refractivity (Wildman–Crippen MR) is 84.8 cm³/mol. The van der Waals surface area contributed by atoms with Crippen LogP contribution in [-0.4, -0.2) is 33.6 Å². The normalized spacial score (nSPS) is 16.1. The average molecular weight is 288 g/mol. The van der Waals surface area contributed by atoms with Crippen LogP contribution in [0.3, 0.4) is 0 Å². The molecule has 0 aromatic rings. The first-order valence-corrected chi connectivity index (χ1v) is 8.62. The Morgan fingerprint density at radius 3 is 1.60 bits per heavy atom. The lowest BCUT2D eigenvalue weighted by Gasteiger charge is -2.32. The number of unbranched alkanes of at least 4 members (excludes halogenated alkanes) is 8. The summed E-state index contributed by atoms with van der Waals surface area (Å²) in [6.45, 7) is 4.01. The van der Waals surface area contributed by atoms with Gasteiger partial charge in [-0.1, -0.05) is 78.1 Å². The van der Waals surface area contributed by atoms with Gasteiger partial charge in [-0.2, -0.15) is 0 Å². The molecule has 0 saturated heterocycles. The summed E-state index contributed by atoms with van der Waals surface area (Å²) in [4.78, 5) is 0. The van der Waals surface area contributed by atoms with Crippen LogP contribution in [-0.2, 0) is 0 Å². The highest BCUT2D eigenvalue weighted by atomic mass is 16.4. The Bertz CT molecular complexity index is 208. The van der Waals surface area contributed by atoms with Gasteiger partial charge in [0.05, 0.1) is 12.2 Å². The molecule has 3 nitrogen and oxygen atoms in total. The molecule has 2 unspecified atom stereocenters. The van der Waals surface area contributed by atoms with Crippen molar-refractivity contribution in [2.24, 2.45) is 0 Å². The molecule has 0 radical (unpaired) electrons. The molecule has 3 heteroatoms. The third-order valence-electron chi connectivity index (χ3n) is 4.22. The molecule has 0 heterocycles. The smallest absolute Gasteiger partial charge is 0.106 e. The van der Waals surface area contributed by atoms with Crippen molar-refractivity contribution in [3.05, 3.63) is 0 Å². The summed E-state index contributed by atoms with van der Waals surface area (Å²) < 4.78 is 0. The second kappa shape index (κ2) is 12.6. The van der Waals surface area contributed by atoms with Crippen molar-refractivity contribution < 1.29 is 15.3 Å². The second-order valence-corrected chi connectivity index (χ2v) is 6.13. The van der Waals surface area contributed by atoms with Crippen LogP contribution in [0, 0.1) is 0 Å². The maximum Gasteiger partial charge on any atom is 0.106 e. The Labute approximate surface area is 125 Å². The first-order chi connectivity index (χ1) is 9.60. The molecule has 3 N–H and O–H groups in total. The molecule has 0 saturated carbocycles. The van der Waals surface area contributed by atoms with E-state index in [1.807, 2.05) is 0 Å². The number of aliphatic hydroxyl groups is 3. The highest BCUT2D eigenvalue weighted by Crippen LogP contribution is 2.26. The minimum Gasteiger partial charge on any atom is -0.394 e. The summed E-state index contributed by atoms with van der Waals surface area (Å²) >= 11 is 0. The number of aliphatic hydroxyl groups excluding tert-OH is 2. The zero-order valence-corrected chi connectivity index (χ0v) is 13.6. The SMILES string of the molecule is CCCCCCCCC(O)(CCCCCC)C(O)CO. The van der Waals surface area contributed by atoms with Crippen molar-refractivity contribution in [2.45, 2.75) is 103 Å². The van der Waals surface area contributed by atoms with Crippen LogP contribution in [0.5, 0.6) is 0 Å². The summed E-state index contributed by atoms with van der Waals surface area (Å²) in [5, 5.41) is 29.6. The van der Waals surface area contributed by atoms with Gasteiger partial charge in [-0.25, -0.2) is 0 Å². The molecule has 0 aromatic carbocycles. The van der Waals surface area contributed by atoms with E-state index in [1.165, 1.54) is 38.5 Å². The molecule has 122 valence electrons. The summed E-state index contributed by atoms with van der Waals surface area (Å²) in [5.74, 6) is 0. The molecular weight excluding hydrogens is 252 g/mol. The fraction of sp³-hybridized carbons (Fsp3) is 1.00. The molecule has 0 bridgehead atoms. The number of hydrogen-bond donors (Lipinski definition) is 3. The van der Waals surface area contributed by atoms with Gasteiger partial charge in [0, 0.05) is 0 Å². The molecule has 0 aliphatic heterocycles. The molecule has 2 atom stereocenters. The fourth-order valence-electron chi connectivity index (χ4n) is 2.70. The first-order valence-electron chi connectivity index (χ1n) is 8.62. The zero-order chi connectivity index (χ0) is 15.3. The van der Waals surface area contributed by atoms with Crippen LogP contribution < -0.4 is 0 Å².